The van der Waals surface area contributed by atoms with Crippen molar-refractivity contribution in [2.75, 3.05) is 0 Å². The number of hydrogen-bond donors (Lipinski definition) is 1. The first kappa shape index (κ1) is 17.1. The standard InChI is InChI=1S/C20H21FN6O/c1-12-18-16-9-13(21)7-8-17(16)26(19(18)20(28)24-22-12)10-14-11-27(25-23-14)15-5-3-2-4-6-15/h7-9,11,15H,2-6,10H2,1H3,(H,24,28). The molecule has 0 bridgehead atoms. The smallest absolute Gasteiger partial charge is 0.288 e. The fourth-order valence-electron chi connectivity index (χ4n) is 4.41. The zero-order chi connectivity index (χ0) is 19.3. The minimum atomic E-state index is -0.338. The SMILES string of the molecule is Cc1n[nH]c(=O)c2c1c1cc(F)ccc1n2Cc1cn(C2CCCCC2)nn1. The summed E-state index contributed by atoms with van der Waals surface area (Å²) in [5.41, 5.74) is 2.42. The van der Waals surface area contributed by atoms with Gasteiger partial charge in [-0.25, -0.2) is 14.2 Å². The molecule has 1 aliphatic carbocycles. The lowest BCUT2D eigenvalue weighted by Gasteiger charge is -2.20. The predicted octanol–water partition coefficient (Wildman–Crippen LogP) is 3.47. The quantitative estimate of drug-likeness (QED) is 0.590. The monoisotopic (exact) mass is 380 g/mol. The van der Waals surface area contributed by atoms with Crippen molar-refractivity contribution in [2.24, 2.45) is 0 Å². The molecule has 1 fully saturated rings. The van der Waals surface area contributed by atoms with Crippen LogP contribution in [0, 0.1) is 12.7 Å². The summed E-state index contributed by atoms with van der Waals surface area (Å²) in [5.74, 6) is -0.338. The molecule has 5 rings (SSSR count). The summed E-state index contributed by atoms with van der Waals surface area (Å²) < 4.78 is 17.7. The second kappa shape index (κ2) is 6.54. The van der Waals surface area contributed by atoms with E-state index in [4.69, 9.17) is 0 Å². The molecule has 144 valence electrons. The number of H-pyrrole nitrogens is 1. The second-order valence-corrected chi connectivity index (χ2v) is 7.59. The van der Waals surface area contributed by atoms with Gasteiger partial charge in [-0.2, -0.15) is 5.10 Å². The van der Waals surface area contributed by atoms with Crippen LogP contribution in [-0.4, -0.2) is 29.8 Å². The van der Waals surface area contributed by atoms with Gasteiger partial charge in [0.2, 0.25) is 0 Å². The van der Waals surface area contributed by atoms with Gasteiger partial charge in [-0.3, -0.25) is 4.79 Å². The Balaban J connectivity index is 1.63. The number of hydrogen-bond acceptors (Lipinski definition) is 4. The van der Waals surface area contributed by atoms with Crippen LogP contribution < -0.4 is 5.56 Å². The van der Waals surface area contributed by atoms with Crippen molar-refractivity contribution < 1.29 is 4.39 Å². The zero-order valence-electron chi connectivity index (χ0n) is 15.7. The molecule has 3 heterocycles. The Morgan fingerprint density at radius 1 is 1.25 bits per heavy atom. The number of aryl methyl sites for hydroxylation is 1. The number of rotatable bonds is 3. The summed E-state index contributed by atoms with van der Waals surface area (Å²) in [5, 5.41) is 16.6. The molecule has 4 aromatic rings. The van der Waals surface area contributed by atoms with E-state index in [1.807, 2.05) is 22.4 Å². The van der Waals surface area contributed by atoms with Gasteiger partial charge < -0.3 is 4.57 Å². The van der Waals surface area contributed by atoms with Crippen molar-refractivity contribution >= 4 is 21.8 Å². The van der Waals surface area contributed by atoms with Crippen LogP contribution in [0.1, 0.15) is 49.5 Å². The van der Waals surface area contributed by atoms with E-state index < -0.39 is 0 Å². The molecule has 7 nitrogen and oxygen atoms in total. The van der Waals surface area contributed by atoms with Crippen LogP contribution in [0.25, 0.3) is 21.8 Å². The van der Waals surface area contributed by atoms with Crippen molar-refractivity contribution in [1.82, 2.24) is 29.8 Å². The highest BCUT2D eigenvalue weighted by Crippen LogP contribution is 2.30. The lowest BCUT2D eigenvalue weighted by Crippen LogP contribution is -2.14. The Bertz CT molecular complexity index is 1230. The predicted molar refractivity (Wildman–Crippen MR) is 104 cm³/mol. The van der Waals surface area contributed by atoms with Crippen LogP contribution in [0.3, 0.4) is 0 Å². The highest BCUT2D eigenvalue weighted by Gasteiger charge is 2.20. The Hall–Kier alpha value is -3.03. The first-order valence-electron chi connectivity index (χ1n) is 9.69. The van der Waals surface area contributed by atoms with E-state index >= 15 is 0 Å². The van der Waals surface area contributed by atoms with Crippen LogP contribution >= 0.6 is 0 Å². The summed E-state index contributed by atoms with van der Waals surface area (Å²) in [6, 6.07) is 4.97. The number of aromatic nitrogens is 6. The molecule has 0 radical (unpaired) electrons. The second-order valence-electron chi connectivity index (χ2n) is 7.59. The lowest BCUT2D eigenvalue weighted by molar-refractivity contribution is 0.324. The van der Waals surface area contributed by atoms with Gasteiger partial charge in [-0.05, 0) is 38.0 Å². The van der Waals surface area contributed by atoms with Crippen LogP contribution in [0.5, 0.6) is 0 Å². The fourth-order valence-corrected chi connectivity index (χ4v) is 4.41. The molecule has 1 aliphatic rings. The van der Waals surface area contributed by atoms with Gasteiger partial charge in [-0.15, -0.1) is 5.10 Å². The topological polar surface area (TPSA) is 81.4 Å². The average Bonchev–Trinajstić information content (AvgIpc) is 3.29. The van der Waals surface area contributed by atoms with Crippen LogP contribution in [0.15, 0.2) is 29.2 Å². The number of aromatic amines is 1. The van der Waals surface area contributed by atoms with E-state index in [-0.39, 0.29) is 11.4 Å². The molecule has 0 atom stereocenters. The molecule has 0 saturated heterocycles. The molecular formula is C20H21FN6O. The summed E-state index contributed by atoms with van der Waals surface area (Å²) in [4.78, 5) is 12.6. The van der Waals surface area contributed by atoms with E-state index in [0.717, 1.165) is 24.1 Å². The van der Waals surface area contributed by atoms with E-state index in [1.165, 1.54) is 31.4 Å². The maximum Gasteiger partial charge on any atom is 0.288 e. The fraction of sp³-hybridized carbons (Fsp3) is 0.400. The Morgan fingerprint density at radius 3 is 2.89 bits per heavy atom. The molecule has 0 aliphatic heterocycles. The van der Waals surface area contributed by atoms with Crippen LogP contribution in [-0.2, 0) is 6.54 Å². The maximum atomic E-state index is 13.9. The van der Waals surface area contributed by atoms with Gasteiger partial charge in [-0.1, -0.05) is 24.5 Å². The molecule has 1 N–H and O–H groups in total. The first-order chi connectivity index (χ1) is 13.6. The van der Waals surface area contributed by atoms with Crippen LogP contribution in [0.2, 0.25) is 0 Å². The van der Waals surface area contributed by atoms with Crippen LogP contribution in [0.4, 0.5) is 4.39 Å². The van der Waals surface area contributed by atoms with Crippen molar-refractivity contribution in [1.29, 1.82) is 0 Å². The minimum absolute atomic E-state index is 0.295. The van der Waals surface area contributed by atoms with E-state index in [0.29, 0.717) is 34.6 Å². The average molecular weight is 380 g/mol. The molecule has 0 unspecified atom stereocenters. The molecule has 1 saturated carbocycles. The summed E-state index contributed by atoms with van der Waals surface area (Å²) in [6.07, 6.45) is 7.95. The molecule has 28 heavy (non-hydrogen) atoms. The Labute approximate surface area is 160 Å². The Morgan fingerprint density at radius 2 is 2.07 bits per heavy atom. The third-order valence-corrected chi connectivity index (χ3v) is 5.75. The molecule has 3 aromatic heterocycles. The number of halogens is 1. The molecule has 0 spiro atoms. The first-order valence-corrected chi connectivity index (χ1v) is 9.69. The Kier molecular flexibility index (Phi) is 3.99. The van der Waals surface area contributed by atoms with Crippen molar-refractivity contribution in [3.8, 4) is 0 Å². The molecule has 1 aromatic carbocycles. The van der Waals surface area contributed by atoms with Gasteiger partial charge in [0.25, 0.3) is 5.56 Å². The lowest BCUT2D eigenvalue weighted by atomic mass is 9.96. The highest BCUT2D eigenvalue weighted by molar-refractivity contribution is 6.08. The van der Waals surface area contributed by atoms with Gasteiger partial charge >= 0.3 is 0 Å². The number of nitrogens with zero attached hydrogens (tertiary/aromatic N) is 5. The van der Waals surface area contributed by atoms with E-state index in [2.05, 4.69) is 20.5 Å². The van der Waals surface area contributed by atoms with E-state index in [9.17, 15) is 9.18 Å². The van der Waals surface area contributed by atoms with Gasteiger partial charge in [0.15, 0.2) is 0 Å². The van der Waals surface area contributed by atoms with Crippen molar-refractivity contribution in [3.05, 3.63) is 52.0 Å². The molecular weight excluding hydrogens is 359 g/mol. The maximum absolute atomic E-state index is 13.9. The van der Waals surface area contributed by atoms with Gasteiger partial charge in [0.05, 0.1) is 24.5 Å². The summed E-state index contributed by atoms with van der Waals surface area (Å²) in [7, 11) is 0. The number of benzene rings is 1. The zero-order valence-corrected chi connectivity index (χ0v) is 15.7. The minimum Gasteiger partial charge on any atom is -0.330 e. The number of fused-ring (bicyclic) bond motifs is 3. The largest absolute Gasteiger partial charge is 0.330 e. The summed E-state index contributed by atoms with van der Waals surface area (Å²) in [6.45, 7) is 2.21. The van der Waals surface area contributed by atoms with Gasteiger partial charge in [0.1, 0.15) is 17.0 Å². The third kappa shape index (κ3) is 2.71. The molecule has 8 heteroatoms. The summed E-state index contributed by atoms with van der Waals surface area (Å²) >= 11 is 0. The number of nitrogens with one attached hydrogen (secondary N) is 1. The van der Waals surface area contributed by atoms with Crippen molar-refractivity contribution in [3.63, 3.8) is 0 Å². The van der Waals surface area contributed by atoms with E-state index in [1.54, 1.807) is 6.07 Å². The highest BCUT2D eigenvalue weighted by atomic mass is 19.1. The third-order valence-electron chi connectivity index (χ3n) is 5.75. The van der Waals surface area contributed by atoms with Crippen molar-refractivity contribution in [2.45, 2.75) is 51.6 Å². The normalized spacial score (nSPS) is 15.6. The van der Waals surface area contributed by atoms with Gasteiger partial charge in [0, 0.05) is 16.3 Å². The molecule has 0 amide bonds.